The Labute approximate surface area is 204 Å². The number of unbranched alkanes of at least 4 members (excludes halogenated alkanes) is 2. The Balaban J connectivity index is 0. The van der Waals surface area contributed by atoms with Gasteiger partial charge in [-0.3, -0.25) is 4.79 Å². The zero-order chi connectivity index (χ0) is 24.4. The summed E-state index contributed by atoms with van der Waals surface area (Å²) >= 11 is 11.5. The van der Waals surface area contributed by atoms with Crippen LogP contribution in [0.5, 0.6) is 0 Å². The Kier molecular flexibility index (Phi) is 21.2. The predicted molar refractivity (Wildman–Crippen MR) is 143 cm³/mol. The number of Topliss-reactive ketones (excluding diaryl/α,β-unsaturated/α-hetero) is 1. The first-order valence-corrected chi connectivity index (χ1v) is 13.3. The number of carbonyl (C=O) groups excluding carboxylic acids is 1. The van der Waals surface area contributed by atoms with Crippen LogP contribution >= 0.6 is 23.2 Å². The van der Waals surface area contributed by atoms with Gasteiger partial charge in [-0.1, -0.05) is 130 Å². The van der Waals surface area contributed by atoms with E-state index in [0.717, 1.165) is 18.3 Å². The van der Waals surface area contributed by atoms with Crippen molar-refractivity contribution in [2.75, 3.05) is 0 Å². The van der Waals surface area contributed by atoms with Crippen LogP contribution in [0.2, 0.25) is 10.0 Å². The van der Waals surface area contributed by atoms with Gasteiger partial charge in [0.15, 0.2) is 0 Å². The number of benzene rings is 1. The summed E-state index contributed by atoms with van der Waals surface area (Å²) in [5.74, 6) is 2.83. The molecule has 0 radical (unpaired) electrons. The van der Waals surface area contributed by atoms with Crippen LogP contribution in [0, 0.1) is 23.7 Å². The van der Waals surface area contributed by atoms with Crippen LogP contribution in [0.3, 0.4) is 0 Å². The minimum atomic E-state index is 0.249. The number of halogens is 2. The third kappa shape index (κ3) is 16.7. The summed E-state index contributed by atoms with van der Waals surface area (Å²) in [6.07, 6.45) is 9.46. The van der Waals surface area contributed by atoms with Crippen LogP contribution in [0.4, 0.5) is 0 Å². The van der Waals surface area contributed by atoms with E-state index in [1.807, 2.05) is 25.1 Å². The number of hydrogen-bond acceptors (Lipinski definition) is 1. The van der Waals surface area contributed by atoms with E-state index in [0.29, 0.717) is 28.2 Å². The van der Waals surface area contributed by atoms with Crippen LogP contribution in [0.25, 0.3) is 0 Å². The molecule has 0 fully saturated rings. The van der Waals surface area contributed by atoms with E-state index in [1.165, 1.54) is 44.1 Å². The van der Waals surface area contributed by atoms with Crippen LogP contribution in [0.15, 0.2) is 18.2 Å². The maximum absolute atomic E-state index is 11.8. The van der Waals surface area contributed by atoms with Gasteiger partial charge in [0.2, 0.25) is 0 Å². The van der Waals surface area contributed by atoms with Crippen molar-refractivity contribution in [1.82, 2.24) is 0 Å². The lowest BCUT2D eigenvalue weighted by molar-refractivity contribution is -0.124. The molecule has 0 heterocycles. The van der Waals surface area contributed by atoms with E-state index in [1.54, 1.807) is 0 Å². The molecule has 3 heteroatoms. The molecule has 0 aliphatic rings. The van der Waals surface area contributed by atoms with Crippen LogP contribution < -0.4 is 0 Å². The normalized spacial score (nSPS) is 12.5. The lowest BCUT2D eigenvalue weighted by atomic mass is 9.76. The van der Waals surface area contributed by atoms with E-state index in [-0.39, 0.29) is 5.92 Å². The molecule has 0 saturated heterocycles. The molecule has 1 nitrogen and oxygen atoms in total. The van der Waals surface area contributed by atoms with E-state index in [4.69, 9.17) is 23.2 Å². The average Bonchev–Trinajstić information content (AvgIpc) is 2.74. The molecule has 0 N–H and O–H groups in total. The Morgan fingerprint density at radius 2 is 1.32 bits per heavy atom. The van der Waals surface area contributed by atoms with Gasteiger partial charge in [-0.25, -0.2) is 0 Å². The highest BCUT2D eigenvalue weighted by Gasteiger charge is 2.25. The zero-order valence-electron chi connectivity index (χ0n) is 21.9. The second-order valence-corrected chi connectivity index (χ2v) is 10.2. The molecule has 0 aliphatic carbocycles. The summed E-state index contributed by atoms with van der Waals surface area (Å²) in [5.41, 5.74) is 1.22. The molecule has 31 heavy (non-hydrogen) atoms. The van der Waals surface area contributed by atoms with Crippen molar-refractivity contribution in [1.29, 1.82) is 0 Å². The highest BCUT2D eigenvalue weighted by atomic mass is 35.5. The standard InChI is InChI=1S/C16H32O.C8H8Cl2.C4H10/c1-6-9-11-15(12-10-7-2)13(4)14(5)16(17)8-3;1-2-6-3-4-7(9)8(10)5-6;1-4(2)3/h13-15H,6-12H2,1-5H3;3-5H,2H2,1H3;4H,1-3H3. The van der Waals surface area contributed by atoms with Crippen molar-refractivity contribution >= 4 is 29.0 Å². The van der Waals surface area contributed by atoms with Gasteiger partial charge in [0.1, 0.15) is 5.78 Å². The number of aryl methyl sites for hydroxylation is 1. The second-order valence-electron chi connectivity index (χ2n) is 9.35. The lowest BCUT2D eigenvalue weighted by Gasteiger charge is -2.28. The molecule has 1 aromatic carbocycles. The van der Waals surface area contributed by atoms with Gasteiger partial charge in [-0.2, -0.15) is 0 Å². The topological polar surface area (TPSA) is 17.1 Å². The molecule has 0 saturated carbocycles. The van der Waals surface area contributed by atoms with Crippen molar-refractivity contribution < 1.29 is 4.79 Å². The van der Waals surface area contributed by atoms with Gasteiger partial charge in [0, 0.05) is 12.3 Å². The van der Waals surface area contributed by atoms with Gasteiger partial charge in [0.05, 0.1) is 10.0 Å². The van der Waals surface area contributed by atoms with Crippen LogP contribution in [-0.2, 0) is 11.2 Å². The van der Waals surface area contributed by atoms with E-state index in [9.17, 15) is 4.79 Å². The van der Waals surface area contributed by atoms with Gasteiger partial charge in [-0.05, 0) is 41.9 Å². The molecule has 0 aromatic heterocycles. The lowest BCUT2D eigenvalue weighted by Crippen LogP contribution is -2.25. The second kappa shape index (κ2) is 20.1. The SMILES string of the molecule is CC(C)C.CCCCC(CCCC)C(C)C(C)C(=O)CC.CCc1ccc(Cl)c(Cl)c1. The molecule has 182 valence electrons. The maximum atomic E-state index is 11.8. The third-order valence-corrected chi connectivity index (χ3v) is 6.38. The molecule has 1 rings (SSSR count). The van der Waals surface area contributed by atoms with Gasteiger partial charge in [-0.15, -0.1) is 0 Å². The fourth-order valence-corrected chi connectivity index (χ4v) is 3.71. The first kappa shape index (κ1) is 32.6. The number of ketones is 1. The number of hydrogen-bond donors (Lipinski definition) is 0. The quantitative estimate of drug-likeness (QED) is 0.312. The van der Waals surface area contributed by atoms with Crippen LogP contribution in [-0.4, -0.2) is 5.78 Å². The highest BCUT2D eigenvalue weighted by molar-refractivity contribution is 6.42. The van der Waals surface area contributed by atoms with Crippen molar-refractivity contribution in [2.24, 2.45) is 23.7 Å². The first-order valence-electron chi connectivity index (χ1n) is 12.5. The molecular formula is C28H50Cl2O. The molecule has 0 spiro atoms. The summed E-state index contributed by atoms with van der Waals surface area (Å²) in [7, 11) is 0. The molecule has 0 bridgehead atoms. The largest absolute Gasteiger partial charge is 0.299 e. The molecule has 2 unspecified atom stereocenters. The van der Waals surface area contributed by atoms with Crippen molar-refractivity contribution in [2.45, 2.75) is 114 Å². The van der Waals surface area contributed by atoms with Gasteiger partial charge in [0.25, 0.3) is 0 Å². The van der Waals surface area contributed by atoms with E-state index in [2.05, 4.69) is 55.4 Å². The van der Waals surface area contributed by atoms with Crippen molar-refractivity contribution in [3.63, 3.8) is 0 Å². The minimum absolute atomic E-state index is 0.249. The van der Waals surface area contributed by atoms with E-state index >= 15 is 0 Å². The summed E-state index contributed by atoms with van der Waals surface area (Å²) in [6.45, 7) is 19.5. The molecule has 0 aliphatic heterocycles. The smallest absolute Gasteiger partial charge is 0.135 e. The Hall–Kier alpha value is -0.530. The monoisotopic (exact) mass is 472 g/mol. The highest BCUT2D eigenvalue weighted by Crippen LogP contribution is 2.30. The fourth-order valence-electron chi connectivity index (χ4n) is 3.39. The zero-order valence-corrected chi connectivity index (χ0v) is 23.4. The predicted octanol–water partition coefficient (Wildman–Crippen LogP) is 10.5. The molecular weight excluding hydrogens is 423 g/mol. The van der Waals surface area contributed by atoms with Gasteiger partial charge >= 0.3 is 0 Å². The van der Waals surface area contributed by atoms with Gasteiger partial charge < -0.3 is 0 Å². The Morgan fingerprint density at radius 1 is 0.839 bits per heavy atom. The number of rotatable bonds is 11. The Morgan fingerprint density at radius 3 is 1.68 bits per heavy atom. The maximum Gasteiger partial charge on any atom is 0.135 e. The first-order chi connectivity index (χ1) is 14.5. The minimum Gasteiger partial charge on any atom is -0.299 e. The summed E-state index contributed by atoms with van der Waals surface area (Å²) in [6, 6.07) is 5.70. The third-order valence-electron chi connectivity index (χ3n) is 5.64. The van der Waals surface area contributed by atoms with Crippen molar-refractivity contribution in [3.8, 4) is 0 Å². The summed E-state index contributed by atoms with van der Waals surface area (Å²) in [4.78, 5) is 11.8. The molecule has 2 atom stereocenters. The summed E-state index contributed by atoms with van der Waals surface area (Å²) in [5, 5.41) is 1.26. The fraction of sp³-hybridized carbons (Fsp3) is 0.750. The molecule has 0 amide bonds. The Bertz CT molecular complexity index is 557. The van der Waals surface area contributed by atoms with Crippen molar-refractivity contribution in [3.05, 3.63) is 33.8 Å². The van der Waals surface area contributed by atoms with E-state index < -0.39 is 0 Å². The molecule has 1 aromatic rings. The summed E-state index contributed by atoms with van der Waals surface area (Å²) < 4.78 is 0. The van der Waals surface area contributed by atoms with Crippen LogP contribution in [0.1, 0.15) is 113 Å². The number of carbonyl (C=O) groups is 1. The average molecular weight is 474 g/mol.